The molecule has 4 nitrogen and oxygen atoms in total. The van der Waals surface area contributed by atoms with Crippen LogP contribution in [0.15, 0.2) is 147 Å². The third kappa shape index (κ3) is 4.00. The molecule has 7 heteroatoms. The van der Waals surface area contributed by atoms with E-state index in [1.807, 2.05) is 72.8 Å². The van der Waals surface area contributed by atoms with Gasteiger partial charge in [0.05, 0.1) is 11.4 Å². The van der Waals surface area contributed by atoms with Gasteiger partial charge in [0.2, 0.25) is 0 Å². The van der Waals surface area contributed by atoms with Gasteiger partial charge in [0, 0.05) is 19.6 Å². The average molecular weight is 592 g/mol. The second-order valence-corrected chi connectivity index (χ2v) is 12.8. The monoisotopic (exact) mass is 591 g/mol. The molecule has 0 saturated carbocycles. The molecule has 6 aromatic carbocycles. The molecule has 0 unspecified atom stereocenters. The SMILES string of the molecule is OB1c2ccccc2Sc2cc(-c3cc4c5c(c3)Oc3ccccc3N5c3ccccc3O4)cc(Sc3ccccc3)c21. The molecule has 0 saturated heterocycles. The first-order valence-corrected chi connectivity index (χ1v) is 15.7. The second-order valence-electron chi connectivity index (χ2n) is 10.6. The minimum atomic E-state index is -0.703. The van der Waals surface area contributed by atoms with Gasteiger partial charge in [-0.2, -0.15) is 0 Å². The first kappa shape index (κ1) is 25.0. The molecular formula is C36H22BNO3S2. The lowest BCUT2D eigenvalue weighted by molar-refractivity contribution is 0.446. The van der Waals surface area contributed by atoms with Crippen LogP contribution in [0.2, 0.25) is 0 Å². The zero-order valence-electron chi connectivity index (χ0n) is 22.7. The highest BCUT2D eigenvalue weighted by Crippen LogP contribution is 2.60. The van der Waals surface area contributed by atoms with E-state index < -0.39 is 6.92 Å². The molecular weight excluding hydrogens is 569 g/mol. The average Bonchev–Trinajstić information content (AvgIpc) is 3.04. The third-order valence-corrected chi connectivity index (χ3v) is 10.2. The molecule has 3 heterocycles. The van der Waals surface area contributed by atoms with Crippen LogP contribution in [0, 0.1) is 0 Å². The molecule has 1 N–H and O–H groups in total. The molecule has 9 rings (SSSR count). The van der Waals surface area contributed by atoms with Gasteiger partial charge in [-0.15, -0.1) is 0 Å². The zero-order chi connectivity index (χ0) is 28.5. The summed E-state index contributed by atoms with van der Waals surface area (Å²) in [5.74, 6) is 3.09. The van der Waals surface area contributed by atoms with E-state index in [-0.39, 0.29) is 0 Å². The Balaban J connectivity index is 1.23. The molecule has 3 aliphatic rings. The highest BCUT2D eigenvalue weighted by Gasteiger charge is 2.36. The Morgan fingerprint density at radius 3 is 1.93 bits per heavy atom. The summed E-state index contributed by atoms with van der Waals surface area (Å²) in [5.41, 5.74) is 6.78. The summed E-state index contributed by atoms with van der Waals surface area (Å²) in [6, 6.07) is 43.3. The zero-order valence-corrected chi connectivity index (χ0v) is 24.4. The Hall–Kier alpha value is -4.56. The third-order valence-electron chi connectivity index (χ3n) is 8.03. The minimum absolute atomic E-state index is 0.703. The number of benzene rings is 6. The number of rotatable bonds is 3. The van der Waals surface area contributed by atoms with Crippen LogP contribution in [-0.4, -0.2) is 11.9 Å². The summed E-state index contributed by atoms with van der Waals surface area (Å²) in [4.78, 5) is 6.51. The van der Waals surface area contributed by atoms with Crippen molar-refractivity contribution in [3.05, 3.63) is 127 Å². The topological polar surface area (TPSA) is 41.9 Å². The fourth-order valence-corrected chi connectivity index (χ4v) is 8.41. The van der Waals surface area contributed by atoms with E-state index in [0.717, 1.165) is 81.7 Å². The summed E-state index contributed by atoms with van der Waals surface area (Å²) in [7, 11) is 0. The number of nitrogens with zero attached hydrogens (tertiary/aromatic N) is 1. The van der Waals surface area contributed by atoms with Gasteiger partial charge in [0.15, 0.2) is 23.0 Å². The Morgan fingerprint density at radius 1 is 0.605 bits per heavy atom. The second kappa shape index (κ2) is 9.74. The smallest absolute Gasteiger partial charge is 0.362 e. The van der Waals surface area contributed by atoms with Crippen molar-refractivity contribution in [2.45, 2.75) is 19.6 Å². The molecule has 0 aromatic heterocycles. The van der Waals surface area contributed by atoms with Crippen molar-refractivity contribution < 1.29 is 14.5 Å². The fourth-order valence-electron chi connectivity index (χ4n) is 6.08. The standard InChI is InChI=1S/C36H22BNO3S2/c39-37-25-12-4-9-17-32(25)43-34-21-23(20-33(35(34)37)42-24-10-2-1-3-11-24)22-18-30-36-31(19-22)41-29-16-8-6-14-27(29)38(36)26-13-5-7-15-28(26)40-30/h1-21,39H. The largest absolute Gasteiger partial charge is 0.453 e. The van der Waals surface area contributed by atoms with E-state index in [2.05, 4.69) is 59.5 Å². The van der Waals surface area contributed by atoms with E-state index in [4.69, 9.17) is 9.47 Å². The lowest BCUT2D eigenvalue weighted by Crippen LogP contribution is -2.47. The van der Waals surface area contributed by atoms with Crippen LogP contribution in [-0.2, 0) is 0 Å². The van der Waals surface area contributed by atoms with E-state index in [1.165, 1.54) is 0 Å². The van der Waals surface area contributed by atoms with E-state index >= 15 is 0 Å². The van der Waals surface area contributed by atoms with Crippen molar-refractivity contribution in [2.75, 3.05) is 4.90 Å². The van der Waals surface area contributed by atoms with Gasteiger partial charge in [-0.05, 0) is 88.8 Å². The summed E-state index contributed by atoms with van der Waals surface area (Å²) >= 11 is 3.38. The number of para-hydroxylation sites is 4. The molecule has 0 fully saturated rings. The molecule has 0 radical (unpaired) electrons. The fraction of sp³-hybridized carbons (Fsp3) is 0. The molecule has 3 aliphatic heterocycles. The minimum Gasteiger partial charge on any atom is -0.453 e. The van der Waals surface area contributed by atoms with Crippen LogP contribution >= 0.6 is 23.5 Å². The Morgan fingerprint density at radius 2 is 1.21 bits per heavy atom. The van der Waals surface area contributed by atoms with Gasteiger partial charge in [0.1, 0.15) is 5.69 Å². The predicted octanol–water partition coefficient (Wildman–Crippen LogP) is 8.75. The van der Waals surface area contributed by atoms with Crippen molar-refractivity contribution in [3.8, 4) is 34.1 Å². The van der Waals surface area contributed by atoms with Crippen molar-refractivity contribution in [1.29, 1.82) is 0 Å². The van der Waals surface area contributed by atoms with Gasteiger partial charge < -0.3 is 14.5 Å². The molecule has 43 heavy (non-hydrogen) atoms. The molecule has 0 amide bonds. The van der Waals surface area contributed by atoms with Crippen molar-refractivity contribution >= 4 is 58.4 Å². The first-order chi connectivity index (χ1) is 21.2. The van der Waals surface area contributed by atoms with Gasteiger partial charge >= 0.3 is 6.92 Å². The quantitative estimate of drug-likeness (QED) is 0.207. The number of hydrogen-bond acceptors (Lipinski definition) is 6. The van der Waals surface area contributed by atoms with Crippen LogP contribution in [0.4, 0.5) is 17.1 Å². The first-order valence-electron chi connectivity index (χ1n) is 14.1. The lowest BCUT2D eigenvalue weighted by atomic mass is 9.55. The number of fused-ring (bicyclic) bond motifs is 6. The van der Waals surface area contributed by atoms with E-state index in [1.54, 1.807) is 23.5 Å². The molecule has 0 atom stereocenters. The molecule has 0 bridgehead atoms. The van der Waals surface area contributed by atoms with E-state index in [9.17, 15) is 5.02 Å². The van der Waals surface area contributed by atoms with Crippen LogP contribution in [0.5, 0.6) is 23.0 Å². The number of anilines is 3. The highest BCUT2D eigenvalue weighted by atomic mass is 32.2. The van der Waals surface area contributed by atoms with Crippen molar-refractivity contribution in [1.82, 2.24) is 0 Å². The summed E-state index contributed by atoms with van der Waals surface area (Å²) in [6.45, 7) is -0.703. The van der Waals surface area contributed by atoms with Gasteiger partial charge in [0.25, 0.3) is 0 Å². The molecule has 0 spiro atoms. The van der Waals surface area contributed by atoms with Crippen molar-refractivity contribution in [3.63, 3.8) is 0 Å². The van der Waals surface area contributed by atoms with Crippen LogP contribution in [0.3, 0.4) is 0 Å². The molecule has 6 aromatic rings. The molecule has 0 aliphatic carbocycles. The number of ether oxygens (including phenoxy) is 2. The lowest BCUT2D eigenvalue weighted by Gasteiger charge is -2.38. The Kier molecular flexibility index (Phi) is 5.66. The summed E-state index contributed by atoms with van der Waals surface area (Å²) in [6.07, 6.45) is 0. The Bertz CT molecular complexity index is 2010. The van der Waals surface area contributed by atoms with E-state index in [0.29, 0.717) is 0 Å². The van der Waals surface area contributed by atoms with Gasteiger partial charge in [-0.25, -0.2) is 0 Å². The normalized spacial score (nSPS) is 13.5. The van der Waals surface area contributed by atoms with Crippen LogP contribution in [0.1, 0.15) is 0 Å². The highest BCUT2D eigenvalue weighted by molar-refractivity contribution is 8.01. The summed E-state index contributed by atoms with van der Waals surface area (Å²) < 4.78 is 13.1. The van der Waals surface area contributed by atoms with Crippen molar-refractivity contribution in [2.24, 2.45) is 0 Å². The Labute approximate surface area is 258 Å². The summed E-state index contributed by atoms with van der Waals surface area (Å²) in [5, 5.41) is 11.6. The van der Waals surface area contributed by atoms with Gasteiger partial charge in [-0.1, -0.05) is 84.2 Å². The maximum atomic E-state index is 11.6. The van der Waals surface area contributed by atoms with Gasteiger partial charge in [-0.3, -0.25) is 4.90 Å². The number of hydrogen-bond donors (Lipinski definition) is 1. The molecule has 204 valence electrons. The maximum Gasteiger partial charge on any atom is 0.362 e. The van der Waals surface area contributed by atoms with Crippen LogP contribution in [0.25, 0.3) is 11.1 Å². The van der Waals surface area contributed by atoms with Crippen LogP contribution < -0.4 is 25.3 Å². The maximum absolute atomic E-state index is 11.6. The predicted molar refractivity (Wildman–Crippen MR) is 175 cm³/mol.